The third-order valence-electron chi connectivity index (χ3n) is 4.63. The van der Waals surface area contributed by atoms with Gasteiger partial charge in [-0.05, 0) is 38.8 Å². The first-order valence-electron chi connectivity index (χ1n) is 7.82. The Balaban J connectivity index is 1.41. The summed E-state index contributed by atoms with van der Waals surface area (Å²) in [7, 11) is 0. The number of aromatic nitrogens is 2. The molecule has 5 nitrogen and oxygen atoms in total. The van der Waals surface area contributed by atoms with Gasteiger partial charge in [-0.2, -0.15) is 0 Å². The second-order valence-electron chi connectivity index (χ2n) is 6.11. The number of hydrogen-bond donors (Lipinski definition) is 1. The lowest BCUT2D eigenvalue weighted by Gasteiger charge is -2.35. The molecule has 0 saturated carbocycles. The topological polar surface area (TPSA) is 44.4 Å². The number of H-pyrrole nitrogens is 1. The highest BCUT2D eigenvalue weighted by atomic mass is 16.5. The Morgan fingerprint density at radius 1 is 1.20 bits per heavy atom. The fourth-order valence-electron chi connectivity index (χ4n) is 3.23. The highest BCUT2D eigenvalue weighted by Crippen LogP contribution is 2.20. The minimum absolute atomic E-state index is 0.865. The Morgan fingerprint density at radius 3 is 2.60 bits per heavy atom. The zero-order valence-corrected chi connectivity index (χ0v) is 12.5. The minimum Gasteiger partial charge on any atom is -0.379 e. The maximum Gasteiger partial charge on any atom is 0.0925 e. The number of morpholine rings is 1. The van der Waals surface area contributed by atoms with E-state index in [1.807, 2.05) is 0 Å². The van der Waals surface area contributed by atoms with Gasteiger partial charge in [-0.1, -0.05) is 0 Å². The van der Waals surface area contributed by atoms with Crippen LogP contribution in [0.5, 0.6) is 0 Å². The number of hydrogen-bond acceptors (Lipinski definition) is 4. The van der Waals surface area contributed by atoms with Crippen molar-refractivity contribution in [2.45, 2.75) is 26.3 Å². The predicted octanol–water partition coefficient (Wildman–Crippen LogP) is 1.26. The Morgan fingerprint density at radius 2 is 1.95 bits per heavy atom. The summed E-state index contributed by atoms with van der Waals surface area (Å²) in [4.78, 5) is 12.7. The number of nitrogens with one attached hydrogen (secondary N) is 1. The van der Waals surface area contributed by atoms with E-state index in [2.05, 4.69) is 26.7 Å². The van der Waals surface area contributed by atoms with E-state index in [1.54, 1.807) is 6.33 Å². The number of likely N-dealkylation sites (tertiary alicyclic amines) is 1. The summed E-state index contributed by atoms with van der Waals surface area (Å²) in [5.74, 6) is 0.865. The number of ether oxygens (including phenoxy) is 1. The molecule has 0 radical (unpaired) electrons. The third kappa shape index (κ3) is 3.59. The van der Waals surface area contributed by atoms with Crippen LogP contribution in [0.15, 0.2) is 6.33 Å². The number of piperidine rings is 1. The molecular weight excluding hydrogens is 252 g/mol. The van der Waals surface area contributed by atoms with Crippen molar-refractivity contribution < 1.29 is 4.74 Å². The molecule has 0 unspecified atom stereocenters. The smallest absolute Gasteiger partial charge is 0.0925 e. The summed E-state index contributed by atoms with van der Waals surface area (Å²) >= 11 is 0. The van der Waals surface area contributed by atoms with E-state index >= 15 is 0 Å². The van der Waals surface area contributed by atoms with Crippen molar-refractivity contribution in [2.75, 3.05) is 45.9 Å². The lowest BCUT2D eigenvalue weighted by molar-refractivity contribution is 0.0241. The molecule has 0 atom stereocenters. The van der Waals surface area contributed by atoms with Crippen LogP contribution in [-0.4, -0.2) is 65.7 Å². The van der Waals surface area contributed by atoms with Crippen molar-refractivity contribution in [2.24, 2.45) is 5.92 Å². The van der Waals surface area contributed by atoms with E-state index in [9.17, 15) is 0 Å². The highest BCUT2D eigenvalue weighted by molar-refractivity contribution is 5.08. The quantitative estimate of drug-likeness (QED) is 0.900. The van der Waals surface area contributed by atoms with Gasteiger partial charge in [0.25, 0.3) is 0 Å². The van der Waals surface area contributed by atoms with Crippen LogP contribution in [0.4, 0.5) is 0 Å². The van der Waals surface area contributed by atoms with Gasteiger partial charge >= 0.3 is 0 Å². The summed E-state index contributed by atoms with van der Waals surface area (Å²) in [5, 5.41) is 0. The number of nitrogens with zero attached hydrogens (tertiary/aromatic N) is 3. The molecule has 5 heteroatoms. The van der Waals surface area contributed by atoms with Crippen LogP contribution < -0.4 is 0 Å². The van der Waals surface area contributed by atoms with Crippen molar-refractivity contribution in [3.8, 4) is 0 Å². The molecule has 2 aliphatic rings. The molecule has 2 aliphatic heterocycles. The van der Waals surface area contributed by atoms with E-state index in [0.29, 0.717) is 0 Å². The molecule has 0 amide bonds. The molecular formula is C15H26N4O. The summed E-state index contributed by atoms with van der Waals surface area (Å²) in [6.07, 6.45) is 4.44. The Labute approximate surface area is 121 Å². The zero-order chi connectivity index (χ0) is 13.8. The van der Waals surface area contributed by atoms with Crippen molar-refractivity contribution in [1.29, 1.82) is 0 Å². The van der Waals surface area contributed by atoms with Crippen LogP contribution in [0.2, 0.25) is 0 Å². The van der Waals surface area contributed by atoms with Gasteiger partial charge in [0.05, 0.1) is 25.2 Å². The molecule has 0 aliphatic carbocycles. The Hall–Kier alpha value is -0.910. The lowest BCUT2D eigenvalue weighted by atomic mass is 9.96. The molecule has 2 fully saturated rings. The summed E-state index contributed by atoms with van der Waals surface area (Å²) in [6.45, 7) is 10.8. The number of rotatable bonds is 4. The predicted molar refractivity (Wildman–Crippen MR) is 78.6 cm³/mol. The first-order valence-corrected chi connectivity index (χ1v) is 7.82. The fraction of sp³-hybridized carbons (Fsp3) is 0.800. The van der Waals surface area contributed by atoms with Crippen LogP contribution in [0.25, 0.3) is 0 Å². The molecule has 0 bridgehead atoms. The Kier molecular flexibility index (Phi) is 4.70. The van der Waals surface area contributed by atoms with Gasteiger partial charge in [0.2, 0.25) is 0 Å². The largest absolute Gasteiger partial charge is 0.379 e. The fourth-order valence-corrected chi connectivity index (χ4v) is 3.23. The van der Waals surface area contributed by atoms with E-state index in [-0.39, 0.29) is 0 Å². The van der Waals surface area contributed by atoms with Gasteiger partial charge in [-0.3, -0.25) is 9.80 Å². The molecule has 20 heavy (non-hydrogen) atoms. The molecule has 1 N–H and O–H groups in total. The van der Waals surface area contributed by atoms with Crippen molar-refractivity contribution in [1.82, 2.24) is 19.8 Å². The van der Waals surface area contributed by atoms with Gasteiger partial charge in [0.1, 0.15) is 0 Å². The van der Waals surface area contributed by atoms with Crippen LogP contribution in [-0.2, 0) is 11.3 Å². The molecule has 1 aromatic rings. The SMILES string of the molecule is Cc1[nH]cnc1CN1CCC(CN2CCOCC2)CC1. The normalized spacial score (nSPS) is 23.2. The van der Waals surface area contributed by atoms with Gasteiger partial charge in [0, 0.05) is 31.9 Å². The molecule has 2 saturated heterocycles. The van der Waals surface area contributed by atoms with Crippen molar-refractivity contribution in [3.05, 3.63) is 17.7 Å². The monoisotopic (exact) mass is 278 g/mol. The first kappa shape index (κ1) is 14.0. The van der Waals surface area contributed by atoms with Crippen LogP contribution in [0.3, 0.4) is 0 Å². The van der Waals surface area contributed by atoms with Crippen molar-refractivity contribution >= 4 is 0 Å². The van der Waals surface area contributed by atoms with E-state index in [4.69, 9.17) is 4.74 Å². The summed E-state index contributed by atoms with van der Waals surface area (Å²) in [5.41, 5.74) is 2.41. The number of aromatic amines is 1. The van der Waals surface area contributed by atoms with Crippen molar-refractivity contribution in [3.63, 3.8) is 0 Å². The molecule has 3 rings (SSSR count). The molecule has 0 aromatic carbocycles. The third-order valence-corrected chi connectivity index (χ3v) is 4.63. The minimum atomic E-state index is 0.865. The molecule has 3 heterocycles. The highest BCUT2D eigenvalue weighted by Gasteiger charge is 2.22. The van der Waals surface area contributed by atoms with Gasteiger partial charge in [0.15, 0.2) is 0 Å². The van der Waals surface area contributed by atoms with E-state index in [1.165, 1.54) is 43.9 Å². The van der Waals surface area contributed by atoms with Crippen LogP contribution in [0.1, 0.15) is 24.2 Å². The van der Waals surface area contributed by atoms with E-state index < -0.39 is 0 Å². The number of aryl methyl sites for hydroxylation is 1. The second-order valence-corrected chi connectivity index (χ2v) is 6.11. The van der Waals surface area contributed by atoms with Gasteiger partial charge in [-0.15, -0.1) is 0 Å². The summed E-state index contributed by atoms with van der Waals surface area (Å²) in [6, 6.07) is 0. The molecule has 112 valence electrons. The average molecular weight is 278 g/mol. The van der Waals surface area contributed by atoms with Gasteiger partial charge in [-0.25, -0.2) is 4.98 Å². The zero-order valence-electron chi connectivity index (χ0n) is 12.5. The standard InChI is InChI=1S/C15H26N4O/c1-13-15(17-12-16-13)11-18-4-2-14(3-5-18)10-19-6-8-20-9-7-19/h12,14H,2-11H2,1H3,(H,16,17). The Bertz CT molecular complexity index is 406. The maximum absolute atomic E-state index is 5.42. The lowest BCUT2D eigenvalue weighted by Crippen LogP contribution is -2.42. The van der Waals surface area contributed by atoms with E-state index in [0.717, 1.165) is 38.8 Å². The second kappa shape index (κ2) is 6.70. The summed E-state index contributed by atoms with van der Waals surface area (Å²) < 4.78 is 5.42. The van der Waals surface area contributed by atoms with Gasteiger partial charge < -0.3 is 9.72 Å². The first-order chi connectivity index (χ1) is 9.81. The number of imidazole rings is 1. The average Bonchev–Trinajstić information content (AvgIpc) is 2.88. The maximum atomic E-state index is 5.42. The molecule has 1 aromatic heterocycles. The van der Waals surface area contributed by atoms with Crippen LogP contribution in [0, 0.1) is 12.8 Å². The molecule has 0 spiro atoms. The van der Waals surface area contributed by atoms with Crippen LogP contribution >= 0.6 is 0 Å².